The number of anilines is 1. The maximum Gasteiger partial charge on any atom is 0.251 e. The quantitative estimate of drug-likeness (QED) is 0.745. The number of ether oxygens (including phenoxy) is 1. The molecule has 2 heterocycles. The number of pyridine rings is 1. The van der Waals surface area contributed by atoms with Crippen molar-refractivity contribution >= 4 is 17.5 Å². The summed E-state index contributed by atoms with van der Waals surface area (Å²) in [4.78, 5) is 30.6. The Morgan fingerprint density at radius 2 is 2.00 bits per heavy atom. The molecule has 0 spiro atoms. The van der Waals surface area contributed by atoms with Crippen molar-refractivity contribution in [3.63, 3.8) is 0 Å². The van der Waals surface area contributed by atoms with Gasteiger partial charge in [-0.05, 0) is 36.6 Å². The standard InChI is InChI=1S/C21H26N4O3/c1-14-6-4-5-7-16(14)19-20(28-13-18(26)25(19)3)21(27)24-11-10-23-17-8-9-22-12-15(17)2/h4-9,12,19-20H,10-11,13H2,1-3H3,(H,22,23)(H,24,27)/t19-,20+/m1/s1. The number of benzene rings is 1. The number of aromatic nitrogens is 1. The van der Waals surface area contributed by atoms with Crippen molar-refractivity contribution in [1.82, 2.24) is 15.2 Å². The molecule has 1 aromatic carbocycles. The number of aryl methyl sites for hydroxylation is 2. The van der Waals surface area contributed by atoms with Crippen molar-refractivity contribution in [2.24, 2.45) is 0 Å². The van der Waals surface area contributed by atoms with E-state index < -0.39 is 12.1 Å². The molecular formula is C21H26N4O3. The van der Waals surface area contributed by atoms with Gasteiger partial charge >= 0.3 is 0 Å². The predicted molar refractivity (Wildman–Crippen MR) is 107 cm³/mol. The van der Waals surface area contributed by atoms with Gasteiger partial charge in [-0.3, -0.25) is 14.6 Å². The fourth-order valence-electron chi connectivity index (χ4n) is 3.38. The Balaban J connectivity index is 1.64. The van der Waals surface area contributed by atoms with Crippen LogP contribution < -0.4 is 10.6 Å². The average Bonchev–Trinajstić information content (AvgIpc) is 2.69. The van der Waals surface area contributed by atoms with Gasteiger partial charge in [0.15, 0.2) is 6.10 Å². The van der Waals surface area contributed by atoms with E-state index in [0.29, 0.717) is 13.1 Å². The molecule has 7 nitrogen and oxygen atoms in total. The summed E-state index contributed by atoms with van der Waals surface area (Å²) in [6.45, 7) is 4.87. The smallest absolute Gasteiger partial charge is 0.251 e. The molecule has 1 aliphatic heterocycles. The van der Waals surface area contributed by atoms with E-state index in [4.69, 9.17) is 4.74 Å². The topological polar surface area (TPSA) is 83.6 Å². The Morgan fingerprint density at radius 3 is 2.75 bits per heavy atom. The van der Waals surface area contributed by atoms with Crippen LogP contribution in [0.25, 0.3) is 0 Å². The SMILES string of the molecule is Cc1cnccc1NCCNC(=O)[C@H]1OCC(=O)N(C)[C@@H]1c1ccccc1C. The summed E-state index contributed by atoms with van der Waals surface area (Å²) in [6, 6.07) is 9.20. The van der Waals surface area contributed by atoms with Crippen molar-refractivity contribution in [3.8, 4) is 0 Å². The summed E-state index contributed by atoms with van der Waals surface area (Å²) in [5.74, 6) is -0.354. The van der Waals surface area contributed by atoms with Gasteiger partial charge in [0.2, 0.25) is 5.91 Å². The van der Waals surface area contributed by atoms with Gasteiger partial charge in [-0.1, -0.05) is 24.3 Å². The molecule has 1 saturated heterocycles. The molecule has 1 aromatic heterocycles. The molecule has 0 aliphatic carbocycles. The van der Waals surface area contributed by atoms with Crippen LogP contribution in [0, 0.1) is 13.8 Å². The third-order valence-corrected chi connectivity index (χ3v) is 5.01. The van der Waals surface area contributed by atoms with Crippen molar-refractivity contribution in [1.29, 1.82) is 0 Å². The van der Waals surface area contributed by atoms with Gasteiger partial charge in [-0.2, -0.15) is 0 Å². The molecule has 2 atom stereocenters. The minimum absolute atomic E-state index is 0.0918. The minimum Gasteiger partial charge on any atom is -0.383 e. The molecule has 1 fully saturated rings. The molecule has 2 N–H and O–H groups in total. The minimum atomic E-state index is -0.744. The van der Waals surface area contributed by atoms with Crippen LogP contribution in [0.3, 0.4) is 0 Å². The normalized spacial score (nSPS) is 19.4. The summed E-state index contributed by atoms with van der Waals surface area (Å²) in [7, 11) is 1.72. The lowest BCUT2D eigenvalue weighted by molar-refractivity contribution is -0.162. The highest BCUT2D eigenvalue weighted by Gasteiger charge is 2.40. The molecule has 1 aliphatic rings. The molecule has 0 unspecified atom stereocenters. The van der Waals surface area contributed by atoms with Crippen LogP contribution in [0.2, 0.25) is 0 Å². The second kappa shape index (κ2) is 8.84. The highest BCUT2D eigenvalue weighted by molar-refractivity contribution is 5.86. The van der Waals surface area contributed by atoms with Gasteiger partial charge in [0.05, 0.1) is 6.04 Å². The number of hydrogen-bond donors (Lipinski definition) is 2. The van der Waals surface area contributed by atoms with Crippen molar-refractivity contribution in [2.75, 3.05) is 32.1 Å². The lowest BCUT2D eigenvalue weighted by Gasteiger charge is -2.38. The molecule has 3 rings (SSSR count). The van der Waals surface area contributed by atoms with E-state index >= 15 is 0 Å². The molecule has 2 aromatic rings. The lowest BCUT2D eigenvalue weighted by Crippen LogP contribution is -2.53. The fourth-order valence-corrected chi connectivity index (χ4v) is 3.38. The Kier molecular flexibility index (Phi) is 6.26. The van der Waals surface area contributed by atoms with Gasteiger partial charge in [-0.25, -0.2) is 0 Å². The van der Waals surface area contributed by atoms with E-state index in [2.05, 4.69) is 15.6 Å². The fraction of sp³-hybridized carbons (Fsp3) is 0.381. The summed E-state index contributed by atoms with van der Waals surface area (Å²) < 4.78 is 5.65. The Morgan fingerprint density at radius 1 is 1.21 bits per heavy atom. The van der Waals surface area contributed by atoms with Gasteiger partial charge in [0.1, 0.15) is 6.61 Å². The molecular weight excluding hydrogens is 356 g/mol. The van der Waals surface area contributed by atoms with Crippen LogP contribution >= 0.6 is 0 Å². The number of carbonyl (C=O) groups is 2. The monoisotopic (exact) mass is 382 g/mol. The third kappa shape index (κ3) is 4.31. The summed E-state index contributed by atoms with van der Waals surface area (Å²) in [6.07, 6.45) is 2.77. The van der Waals surface area contributed by atoms with E-state index in [1.54, 1.807) is 24.3 Å². The number of nitrogens with one attached hydrogen (secondary N) is 2. The van der Waals surface area contributed by atoms with E-state index in [-0.39, 0.29) is 18.4 Å². The first kappa shape index (κ1) is 19.8. The number of morpholine rings is 1. The molecule has 0 saturated carbocycles. The van der Waals surface area contributed by atoms with Crippen LogP contribution in [0.1, 0.15) is 22.7 Å². The molecule has 7 heteroatoms. The van der Waals surface area contributed by atoms with E-state index in [1.165, 1.54) is 0 Å². The second-order valence-electron chi connectivity index (χ2n) is 6.95. The number of carbonyl (C=O) groups excluding carboxylic acids is 2. The third-order valence-electron chi connectivity index (χ3n) is 5.01. The predicted octanol–water partition coefficient (Wildman–Crippen LogP) is 1.83. The summed E-state index contributed by atoms with van der Waals surface area (Å²) >= 11 is 0. The van der Waals surface area contributed by atoms with Crippen molar-refractivity contribution < 1.29 is 14.3 Å². The van der Waals surface area contributed by atoms with Gasteiger partial charge in [0, 0.05) is 38.2 Å². The van der Waals surface area contributed by atoms with Crippen LogP contribution in [-0.4, -0.2) is 54.5 Å². The number of nitrogens with zero attached hydrogens (tertiary/aromatic N) is 2. The van der Waals surface area contributed by atoms with E-state index in [1.807, 2.05) is 44.2 Å². The molecule has 0 radical (unpaired) electrons. The maximum absolute atomic E-state index is 12.8. The zero-order chi connectivity index (χ0) is 20.1. The number of amides is 2. The van der Waals surface area contributed by atoms with Crippen LogP contribution in [-0.2, 0) is 14.3 Å². The molecule has 148 valence electrons. The first-order valence-electron chi connectivity index (χ1n) is 9.34. The van der Waals surface area contributed by atoms with Gasteiger partial charge in [0.25, 0.3) is 5.91 Å². The highest BCUT2D eigenvalue weighted by atomic mass is 16.5. The lowest BCUT2D eigenvalue weighted by atomic mass is 9.94. The van der Waals surface area contributed by atoms with Crippen molar-refractivity contribution in [2.45, 2.75) is 26.0 Å². The highest BCUT2D eigenvalue weighted by Crippen LogP contribution is 2.31. The second-order valence-corrected chi connectivity index (χ2v) is 6.95. The van der Waals surface area contributed by atoms with Gasteiger partial charge in [-0.15, -0.1) is 0 Å². The molecule has 28 heavy (non-hydrogen) atoms. The summed E-state index contributed by atoms with van der Waals surface area (Å²) in [5, 5.41) is 6.20. The number of hydrogen-bond acceptors (Lipinski definition) is 5. The maximum atomic E-state index is 12.8. The average molecular weight is 382 g/mol. The number of likely N-dealkylation sites (N-methyl/N-ethyl adjacent to an activating group) is 1. The van der Waals surface area contributed by atoms with E-state index in [0.717, 1.165) is 22.4 Å². The zero-order valence-corrected chi connectivity index (χ0v) is 16.4. The molecule has 2 amide bonds. The molecule has 0 bridgehead atoms. The van der Waals surface area contributed by atoms with Crippen LogP contribution in [0.15, 0.2) is 42.7 Å². The van der Waals surface area contributed by atoms with Crippen LogP contribution in [0.5, 0.6) is 0 Å². The Hall–Kier alpha value is -2.93. The van der Waals surface area contributed by atoms with Gasteiger partial charge < -0.3 is 20.3 Å². The zero-order valence-electron chi connectivity index (χ0n) is 16.4. The summed E-state index contributed by atoms with van der Waals surface area (Å²) in [5.41, 5.74) is 3.97. The Bertz CT molecular complexity index is 855. The Labute approximate surface area is 165 Å². The van der Waals surface area contributed by atoms with E-state index in [9.17, 15) is 9.59 Å². The van der Waals surface area contributed by atoms with Crippen LogP contribution in [0.4, 0.5) is 5.69 Å². The van der Waals surface area contributed by atoms with Crippen molar-refractivity contribution in [3.05, 3.63) is 59.4 Å². The number of rotatable bonds is 6. The first-order valence-corrected chi connectivity index (χ1v) is 9.34. The largest absolute Gasteiger partial charge is 0.383 e. The first-order chi connectivity index (χ1) is 13.5.